The first kappa shape index (κ1) is 12.4. The standard InChI is InChI=1S/C8H7N3O6/c1-9-5-2-4(8(12)13)6(10(14)15)3-7(5)11(16)17/h2-3,9H,1H3,(H,12,13). The Morgan fingerprint density at radius 2 is 1.76 bits per heavy atom. The zero-order chi connectivity index (χ0) is 13.2. The summed E-state index contributed by atoms with van der Waals surface area (Å²) in [6.07, 6.45) is 0. The highest BCUT2D eigenvalue weighted by molar-refractivity contribution is 5.95. The quantitative estimate of drug-likeness (QED) is 0.597. The minimum atomic E-state index is -1.52. The summed E-state index contributed by atoms with van der Waals surface area (Å²) < 4.78 is 0. The smallest absolute Gasteiger partial charge is 0.342 e. The van der Waals surface area contributed by atoms with Crippen LogP contribution in [0.15, 0.2) is 12.1 Å². The topological polar surface area (TPSA) is 136 Å². The summed E-state index contributed by atoms with van der Waals surface area (Å²) in [5.41, 5.74) is -2.07. The number of nitro benzene ring substituents is 2. The Bertz CT molecular complexity index is 512. The van der Waals surface area contributed by atoms with Crippen LogP contribution in [0.5, 0.6) is 0 Å². The van der Waals surface area contributed by atoms with E-state index >= 15 is 0 Å². The van der Waals surface area contributed by atoms with E-state index in [-0.39, 0.29) is 5.69 Å². The highest BCUT2D eigenvalue weighted by Crippen LogP contribution is 2.32. The number of carbonyl (C=O) groups is 1. The fourth-order valence-electron chi connectivity index (χ4n) is 1.25. The highest BCUT2D eigenvalue weighted by atomic mass is 16.6. The molecule has 2 N–H and O–H groups in total. The second-order valence-electron chi connectivity index (χ2n) is 2.96. The lowest BCUT2D eigenvalue weighted by Crippen LogP contribution is -2.06. The fourth-order valence-corrected chi connectivity index (χ4v) is 1.25. The number of nitro groups is 2. The number of nitrogens with one attached hydrogen (secondary N) is 1. The molecule has 1 aromatic carbocycles. The normalized spacial score (nSPS) is 9.71. The first-order valence-electron chi connectivity index (χ1n) is 4.26. The number of hydrogen-bond donors (Lipinski definition) is 2. The van der Waals surface area contributed by atoms with Crippen molar-refractivity contribution in [3.63, 3.8) is 0 Å². The Morgan fingerprint density at radius 3 is 2.12 bits per heavy atom. The second kappa shape index (κ2) is 4.43. The third-order valence-corrected chi connectivity index (χ3v) is 2.01. The molecule has 0 aliphatic carbocycles. The van der Waals surface area contributed by atoms with Crippen LogP contribution in [0.1, 0.15) is 10.4 Å². The van der Waals surface area contributed by atoms with E-state index in [0.717, 1.165) is 6.07 Å². The molecule has 0 bridgehead atoms. The number of hydrogen-bond acceptors (Lipinski definition) is 6. The molecule has 9 nitrogen and oxygen atoms in total. The van der Waals surface area contributed by atoms with Crippen LogP contribution in [0.3, 0.4) is 0 Å². The van der Waals surface area contributed by atoms with Crippen molar-refractivity contribution >= 4 is 23.0 Å². The highest BCUT2D eigenvalue weighted by Gasteiger charge is 2.27. The fraction of sp³-hybridized carbons (Fsp3) is 0.125. The van der Waals surface area contributed by atoms with E-state index in [1.807, 2.05) is 0 Å². The van der Waals surface area contributed by atoms with Gasteiger partial charge >= 0.3 is 5.97 Å². The maximum atomic E-state index is 10.8. The summed E-state index contributed by atoms with van der Waals surface area (Å²) in [4.78, 5) is 30.2. The van der Waals surface area contributed by atoms with Gasteiger partial charge in [0.25, 0.3) is 11.4 Å². The number of benzene rings is 1. The van der Waals surface area contributed by atoms with Gasteiger partial charge in [-0.2, -0.15) is 0 Å². The summed E-state index contributed by atoms with van der Waals surface area (Å²) in [6.45, 7) is 0. The maximum absolute atomic E-state index is 10.8. The van der Waals surface area contributed by atoms with E-state index in [1.165, 1.54) is 7.05 Å². The molecule has 90 valence electrons. The average Bonchev–Trinajstić information content (AvgIpc) is 2.26. The Balaban J connectivity index is 3.59. The molecule has 0 saturated carbocycles. The lowest BCUT2D eigenvalue weighted by molar-refractivity contribution is -0.393. The lowest BCUT2D eigenvalue weighted by atomic mass is 10.1. The summed E-state index contributed by atoms with van der Waals surface area (Å²) in [7, 11) is 1.35. The van der Waals surface area contributed by atoms with Gasteiger partial charge < -0.3 is 10.4 Å². The van der Waals surface area contributed by atoms with Crippen LogP contribution < -0.4 is 5.32 Å². The number of rotatable bonds is 4. The van der Waals surface area contributed by atoms with E-state index in [0.29, 0.717) is 6.07 Å². The van der Waals surface area contributed by atoms with Crippen molar-refractivity contribution in [2.75, 3.05) is 12.4 Å². The van der Waals surface area contributed by atoms with Crippen molar-refractivity contribution in [3.8, 4) is 0 Å². The number of aromatic carboxylic acids is 1. The molecule has 1 rings (SSSR count). The van der Waals surface area contributed by atoms with E-state index in [2.05, 4.69) is 5.32 Å². The molecule has 0 saturated heterocycles. The molecule has 0 fully saturated rings. The van der Waals surface area contributed by atoms with E-state index in [9.17, 15) is 25.0 Å². The number of carboxylic acid groups (broad SMARTS) is 1. The van der Waals surface area contributed by atoms with Gasteiger partial charge in [-0.1, -0.05) is 0 Å². The number of nitrogens with zero attached hydrogens (tertiary/aromatic N) is 2. The second-order valence-corrected chi connectivity index (χ2v) is 2.96. The number of anilines is 1. The molecule has 17 heavy (non-hydrogen) atoms. The first-order valence-corrected chi connectivity index (χ1v) is 4.26. The summed E-state index contributed by atoms with van der Waals surface area (Å²) in [5, 5.41) is 32.4. The van der Waals surface area contributed by atoms with E-state index in [4.69, 9.17) is 5.11 Å². The Morgan fingerprint density at radius 1 is 1.24 bits per heavy atom. The molecule has 0 atom stereocenters. The predicted molar refractivity (Wildman–Crippen MR) is 56.3 cm³/mol. The zero-order valence-corrected chi connectivity index (χ0v) is 8.54. The van der Waals surface area contributed by atoms with Crippen LogP contribution in [0.2, 0.25) is 0 Å². The molecular formula is C8H7N3O6. The largest absolute Gasteiger partial charge is 0.477 e. The molecule has 0 heterocycles. The molecule has 0 aromatic heterocycles. The van der Waals surface area contributed by atoms with Gasteiger partial charge in [0.2, 0.25) is 0 Å². The van der Waals surface area contributed by atoms with Gasteiger partial charge in [0.15, 0.2) is 0 Å². The van der Waals surface area contributed by atoms with Crippen LogP contribution >= 0.6 is 0 Å². The first-order chi connectivity index (χ1) is 7.88. The molecule has 9 heteroatoms. The maximum Gasteiger partial charge on any atom is 0.342 e. The monoisotopic (exact) mass is 241 g/mol. The van der Waals surface area contributed by atoms with Crippen molar-refractivity contribution in [2.45, 2.75) is 0 Å². The van der Waals surface area contributed by atoms with Crippen LogP contribution in [0.4, 0.5) is 17.1 Å². The molecule has 0 aliphatic heterocycles. The van der Waals surface area contributed by atoms with E-state index < -0.39 is 32.8 Å². The van der Waals surface area contributed by atoms with Gasteiger partial charge in [0.1, 0.15) is 11.3 Å². The van der Waals surface area contributed by atoms with Crippen molar-refractivity contribution in [2.24, 2.45) is 0 Å². The third-order valence-electron chi connectivity index (χ3n) is 2.01. The Kier molecular flexibility index (Phi) is 3.22. The number of carboxylic acids is 1. The molecule has 0 spiro atoms. The average molecular weight is 241 g/mol. The Labute approximate surface area is 94.0 Å². The summed E-state index contributed by atoms with van der Waals surface area (Å²) in [5.74, 6) is -1.52. The van der Waals surface area contributed by atoms with Crippen molar-refractivity contribution < 1.29 is 19.7 Å². The molecule has 0 radical (unpaired) electrons. The molecule has 0 unspecified atom stereocenters. The summed E-state index contributed by atoms with van der Waals surface area (Å²) >= 11 is 0. The van der Waals surface area contributed by atoms with Gasteiger partial charge in [-0.25, -0.2) is 4.79 Å². The molecule has 0 amide bonds. The van der Waals surface area contributed by atoms with Gasteiger partial charge in [0.05, 0.1) is 15.9 Å². The van der Waals surface area contributed by atoms with Crippen molar-refractivity contribution in [3.05, 3.63) is 37.9 Å². The zero-order valence-electron chi connectivity index (χ0n) is 8.54. The van der Waals surface area contributed by atoms with Crippen molar-refractivity contribution in [1.29, 1.82) is 0 Å². The minimum Gasteiger partial charge on any atom is -0.477 e. The lowest BCUT2D eigenvalue weighted by Gasteiger charge is -2.04. The van der Waals surface area contributed by atoms with Crippen molar-refractivity contribution in [1.82, 2.24) is 0 Å². The van der Waals surface area contributed by atoms with Gasteiger partial charge in [-0.05, 0) is 6.07 Å². The SMILES string of the molecule is CNc1cc(C(=O)O)c([N+](=O)[O-])cc1[N+](=O)[O-]. The third kappa shape index (κ3) is 2.27. The van der Waals surface area contributed by atoms with Gasteiger partial charge in [0, 0.05) is 7.05 Å². The molecule has 1 aromatic rings. The Hall–Kier alpha value is -2.71. The minimum absolute atomic E-state index is 0.0991. The van der Waals surface area contributed by atoms with Crippen LogP contribution in [0.25, 0.3) is 0 Å². The molecule has 0 aliphatic rings. The van der Waals surface area contributed by atoms with Crippen LogP contribution in [-0.4, -0.2) is 28.0 Å². The predicted octanol–water partition coefficient (Wildman–Crippen LogP) is 1.24. The molecular weight excluding hydrogens is 234 g/mol. The van der Waals surface area contributed by atoms with E-state index in [1.54, 1.807) is 0 Å². The van der Waals surface area contributed by atoms with Crippen LogP contribution in [-0.2, 0) is 0 Å². The van der Waals surface area contributed by atoms with Gasteiger partial charge in [-0.15, -0.1) is 0 Å². The van der Waals surface area contributed by atoms with Gasteiger partial charge in [-0.3, -0.25) is 20.2 Å². The van der Waals surface area contributed by atoms with Crippen LogP contribution in [0, 0.1) is 20.2 Å². The summed E-state index contributed by atoms with van der Waals surface area (Å²) in [6, 6.07) is 1.48.